The van der Waals surface area contributed by atoms with Crippen LogP contribution in [0.1, 0.15) is 0 Å². The van der Waals surface area contributed by atoms with Gasteiger partial charge in [0.15, 0.2) is 0 Å². The smallest absolute Gasteiger partial charge is 0.216 e. The molecule has 88 valence electrons. The third kappa shape index (κ3) is 2.13. The van der Waals surface area contributed by atoms with Gasteiger partial charge in [-0.15, -0.1) is 0 Å². The molecule has 18 heavy (non-hydrogen) atoms. The van der Waals surface area contributed by atoms with Gasteiger partial charge in [0.2, 0.25) is 5.95 Å². The Labute approximate surface area is 103 Å². The van der Waals surface area contributed by atoms with Crippen molar-refractivity contribution in [2.24, 2.45) is 0 Å². The second kappa shape index (κ2) is 4.41. The Morgan fingerprint density at radius 3 is 2.72 bits per heavy atom. The van der Waals surface area contributed by atoms with Gasteiger partial charge in [-0.1, -0.05) is 18.2 Å². The summed E-state index contributed by atoms with van der Waals surface area (Å²) < 4.78 is 18.4. The number of nitrogens with zero attached hydrogens (tertiary/aromatic N) is 2. The van der Waals surface area contributed by atoms with Gasteiger partial charge in [-0.2, -0.15) is 4.39 Å². The minimum atomic E-state index is -0.568. The van der Waals surface area contributed by atoms with Crippen LogP contribution in [0, 0.1) is 5.95 Å². The molecule has 0 fully saturated rings. The molecule has 3 aromatic rings. The molecule has 0 aliphatic carbocycles. The van der Waals surface area contributed by atoms with Crippen molar-refractivity contribution in [2.75, 3.05) is 0 Å². The lowest BCUT2D eigenvalue weighted by molar-refractivity contribution is 0.471. The van der Waals surface area contributed by atoms with Crippen LogP contribution in [0.4, 0.5) is 4.39 Å². The van der Waals surface area contributed by atoms with E-state index in [0.29, 0.717) is 11.5 Å². The SMILES string of the molecule is Fc1cc(Oc2cnc3ccccc3c2)ccn1. The molecule has 0 spiro atoms. The van der Waals surface area contributed by atoms with Gasteiger partial charge >= 0.3 is 0 Å². The van der Waals surface area contributed by atoms with Crippen molar-refractivity contribution in [3.05, 3.63) is 60.8 Å². The van der Waals surface area contributed by atoms with Crippen molar-refractivity contribution < 1.29 is 9.13 Å². The Hall–Kier alpha value is -2.49. The summed E-state index contributed by atoms with van der Waals surface area (Å²) in [5.74, 6) is 0.403. The number of halogens is 1. The number of hydrogen-bond acceptors (Lipinski definition) is 3. The average Bonchev–Trinajstić information content (AvgIpc) is 2.39. The van der Waals surface area contributed by atoms with Crippen LogP contribution in [0.2, 0.25) is 0 Å². The van der Waals surface area contributed by atoms with Gasteiger partial charge in [-0.3, -0.25) is 4.98 Å². The fraction of sp³-hybridized carbons (Fsp3) is 0. The van der Waals surface area contributed by atoms with Crippen molar-refractivity contribution in [1.29, 1.82) is 0 Å². The predicted octanol–water partition coefficient (Wildman–Crippen LogP) is 3.56. The van der Waals surface area contributed by atoms with Crippen LogP contribution >= 0.6 is 0 Å². The maximum Gasteiger partial charge on any atom is 0.216 e. The van der Waals surface area contributed by atoms with E-state index in [9.17, 15) is 4.39 Å². The fourth-order valence-corrected chi connectivity index (χ4v) is 1.69. The van der Waals surface area contributed by atoms with Crippen LogP contribution in [0.15, 0.2) is 54.9 Å². The largest absolute Gasteiger partial charge is 0.456 e. The van der Waals surface area contributed by atoms with E-state index in [4.69, 9.17) is 4.74 Å². The Morgan fingerprint density at radius 2 is 1.83 bits per heavy atom. The number of ether oxygens (including phenoxy) is 1. The molecule has 0 saturated carbocycles. The third-order valence-electron chi connectivity index (χ3n) is 2.50. The maximum absolute atomic E-state index is 12.9. The van der Waals surface area contributed by atoms with Crippen molar-refractivity contribution >= 4 is 10.9 Å². The van der Waals surface area contributed by atoms with Crippen molar-refractivity contribution in [3.8, 4) is 11.5 Å². The molecule has 0 amide bonds. The number of aromatic nitrogens is 2. The zero-order chi connectivity index (χ0) is 12.4. The summed E-state index contributed by atoms with van der Waals surface area (Å²) in [5.41, 5.74) is 0.894. The molecule has 0 atom stereocenters. The maximum atomic E-state index is 12.9. The molecule has 3 rings (SSSR count). The number of fused-ring (bicyclic) bond motifs is 1. The summed E-state index contributed by atoms with van der Waals surface area (Å²) in [6, 6.07) is 12.4. The van der Waals surface area contributed by atoms with Crippen LogP contribution in [-0.2, 0) is 0 Å². The topological polar surface area (TPSA) is 35.0 Å². The monoisotopic (exact) mass is 240 g/mol. The number of hydrogen-bond donors (Lipinski definition) is 0. The minimum absolute atomic E-state index is 0.402. The zero-order valence-corrected chi connectivity index (χ0v) is 9.38. The lowest BCUT2D eigenvalue weighted by Crippen LogP contribution is -1.88. The van der Waals surface area contributed by atoms with Crippen LogP contribution in [0.5, 0.6) is 11.5 Å². The van der Waals surface area contributed by atoms with E-state index in [2.05, 4.69) is 9.97 Å². The van der Waals surface area contributed by atoms with E-state index in [1.807, 2.05) is 30.3 Å². The Kier molecular flexibility index (Phi) is 2.61. The van der Waals surface area contributed by atoms with Crippen LogP contribution < -0.4 is 4.74 Å². The number of pyridine rings is 2. The quantitative estimate of drug-likeness (QED) is 0.642. The molecular formula is C14H9FN2O. The van der Waals surface area contributed by atoms with Gasteiger partial charge in [0, 0.05) is 17.6 Å². The van der Waals surface area contributed by atoms with Gasteiger partial charge < -0.3 is 4.74 Å². The number of benzene rings is 1. The highest BCUT2D eigenvalue weighted by molar-refractivity contribution is 5.79. The average molecular weight is 240 g/mol. The minimum Gasteiger partial charge on any atom is -0.456 e. The highest BCUT2D eigenvalue weighted by atomic mass is 19.1. The predicted molar refractivity (Wildman–Crippen MR) is 66.0 cm³/mol. The van der Waals surface area contributed by atoms with Crippen molar-refractivity contribution in [3.63, 3.8) is 0 Å². The molecule has 2 aromatic heterocycles. The molecule has 0 unspecified atom stereocenters. The molecule has 0 aliphatic heterocycles. The fourth-order valence-electron chi connectivity index (χ4n) is 1.69. The third-order valence-corrected chi connectivity index (χ3v) is 2.50. The van der Waals surface area contributed by atoms with Gasteiger partial charge in [0.25, 0.3) is 0 Å². The van der Waals surface area contributed by atoms with E-state index >= 15 is 0 Å². The molecule has 1 aromatic carbocycles. The molecule has 0 bridgehead atoms. The van der Waals surface area contributed by atoms with E-state index < -0.39 is 5.95 Å². The zero-order valence-electron chi connectivity index (χ0n) is 9.38. The Balaban J connectivity index is 1.95. The van der Waals surface area contributed by atoms with Crippen LogP contribution in [0.25, 0.3) is 10.9 Å². The van der Waals surface area contributed by atoms with Gasteiger partial charge in [-0.25, -0.2) is 4.98 Å². The first-order chi connectivity index (χ1) is 8.81. The highest BCUT2D eigenvalue weighted by Crippen LogP contribution is 2.23. The van der Waals surface area contributed by atoms with E-state index in [-0.39, 0.29) is 0 Å². The summed E-state index contributed by atoms with van der Waals surface area (Å²) in [7, 11) is 0. The molecule has 0 radical (unpaired) electrons. The number of para-hydroxylation sites is 1. The molecule has 0 N–H and O–H groups in total. The van der Waals surface area contributed by atoms with E-state index in [1.165, 1.54) is 12.3 Å². The first-order valence-electron chi connectivity index (χ1n) is 5.45. The highest BCUT2D eigenvalue weighted by Gasteiger charge is 2.01. The Bertz CT molecular complexity index is 700. The lowest BCUT2D eigenvalue weighted by atomic mass is 10.2. The first-order valence-corrected chi connectivity index (χ1v) is 5.45. The summed E-state index contributed by atoms with van der Waals surface area (Å²) >= 11 is 0. The van der Waals surface area contributed by atoms with Crippen molar-refractivity contribution in [2.45, 2.75) is 0 Å². The molecule has 3 nitrogen and oxygen atoms in total. The second-order valence-corrected chi connectivity index (χ2v) is 3.78. The van der Waals surface area contributed by atoms with Gasteiger partial charge in [-0.05, 0) is 18.2 Å². The normalized spacial score (nSPS) is 10.5. The van der Waals surface area contributed by atoms with Crippen molar-refractivity contribution in [1.82, 2.24) is 9.97 Å². The van der Waals surface area contributed by atoms with E-state index in [0.717, 1.165) is 10.9 Å². The summed E-state index contributed by atoms with van der Waals surface area (Å²) in [6.07, 6.45) is 2.97. The summed E-state index contributed by atoms with van der Waals surface area (Å²) in [4.78, 5) is 7.73. The summed E-state index contributed by atoms with van der Waals surface area (Å²) in [5, 5.41) is 0.976. The standard InChI is InChI=1S/C14H9FN2O/c15-14-8-11(5-6-16-14)18-12-7-10-3-1-2-4-13(10)17-9-12/h1-9H. The van der Waals surface area contributed by atoms with Gasteiger partial charge in [0.1, 0.15) is 11.5 Å². The second-order valence-electron chi connectivity index (χ2n) is 3.78. The van der Waals surface area contributed by atoms with Gasteiger partial charge in [0.05, 0.1) is 11.7 Å². The lowest BCUT2D eigenvalue weighted by Gasteiger charge is -2.05. The van der Waals surface area contributed by atoms with E-state index in [1.54, 1.807) is 12.3 Å². The molecule has 2 heterocycles. The molecule has 4 heteroatoms. The van der Waals surface area contributed by atoms with Crippen LogP contribution in [0.3, 0.4) is 0 Å². The molecule has 0 aliphatic rings. The van der Waals surface area contributed by atoms with Crippen LogP contribution in [-0.4, -0.2) is 9.97 Å². The Morgan fingerprint density at radius 1 is 0.944 bits per heavy atom. The number of rotatable bonds is 2. The summed E-state index contributed by atoms with van der Waals surface area (Å²) in [6.45, 7) is 0. The first kappa shape index (κ1) is 10.7. The molecular weight excluding hydrogens is 231 g/mol. The molecule has 0 saturated heterocycles.